The molecule has 1 unspecified atom stereocenters. The maximum atomic E-state index is 12.3. The number of hydrogen-bond donors (Lipinski definition) is 1. The summed E-state index contributed by atoms with van der Waals surface area (Å²) in [5, 5.41) is 12.3. The molecule has 0 aliphatic carbocycles. The molecule has 1 saturated heterocycles. The third kappa shape index (κ3) is 5.26. The normalized spacial score (nSPS) is 17.2. The van der Waals surface area contributed by atoms with Crippen LogP contribution in [0.2, 0.25) is 0 Å². The zero-order valence-electron chi connectivity index (χ0n) is 14.5. The Morgan fingerprint density at radius 2 is 2.16 bits per heavy atom. The van der Waals surface area contributed by atoms with E-state index in [-0.39, 0.29) is 11.9 Å². The van der Waals surface area contributed by atoms with Gasteiger partial charge in [-0.05, 0) is 24.3 Å². The Bertz CT molecular complexity index is 695. The molecule has 0 bridgehead atoms. The average molecular weight is 378 g/mol. The summed E-state index contributed by atoms with van der Waals surface area (Å²) in [6.45, 7) is 5.91. The number of carbonyl (C=O) groups excluding carboxylic acids is 1. The molecule has 3 rings (SSSR count). The average Bonchev–Trinajstić information content (AvgIpc) is 3.29. The second-order valence-corrected chi connectivity index (χ2v) is 8.58. The summed E-state index contributed by atoms with van der Waals surface area (Å²) in [4.78, 5) is 12.3. The van der Waals surface area contributed by atoms with Gasteiger partial charge >= 0.3 is 0 Å². The highest BCUT2D eigenvalue weighted by Gasteiger charge is 2.16. The van der Waals surface area contributed by atoms with E-state index in [2.05, 4.69) is 29.4 Å². The first-order chi connectivity index (χ1) is 12.1. The van der Waals surface area contributed by atoms with Crippen molar-refractivity contribution in [1.29, 1.82) is 0 Å². The maximum absolute atomic E-state index is 12.3. The van der Waals surface area contributed by atoms with Crippen molar-refractivity contribution in [3.63, 3.8) is 0 Å². The molecule has 2 aromatic rings. The molecular weight excluding hydrogens is 354 g/mol. The summed E-state index contributed by atoms with van der Waals surface area (Å²) in [5.74, 6) is 0.964. The van der Waals surface area contributed by atoms with Crippen LogP contribution in [0.4, 0.5) is 5.13 Å². The van der Waals surface area contributed by atoms with Crippen molar-refractivity contribution in [1.82, 2.24) is 10.2 Å². The molecule has 25 heavy (non-hydrogen) atoms. The number of nitrogens with zero attached hydrogens (tertiary/aromatic N) is 2. The van der Waals surface area contributed by atoms with Crippen LogP contribution in [0.1, 0.15) is 48.5 Å². The topological polar surface area (TPSA) is 64.1 Å². The quantitative estimate of drug-likeness (QED) is 0.549. The number of benzene rings is 1. The second-order valence-electron chi connectivity index (χ2n) is 6.38. The fourth-order valence-corrected chi connectivity index (χ4v) is 4.26. The van der Waals surface area contributed by atoms with Crippen molar-refractivity contribution < 1.29 is 9.53 Å². The molecule has 2 heterocycles. The van der Waals surface area contributed by atoms with E-state index in [1.54, 1.807) is 0 Å². The summed E-state index contributed by atoms with van der Waals surface area (Å²) >= 11 is 2.92. The van der Waals surface area contributed by atoms with Crippen LogP contribution in [0.25, 0.3) is 0 Å². The number of anilines is 1. The Morgan fingerprint density at radius 1 is 1.36 bits per heavy atom. The molecular formula is C18H23N3O2S2. The number of thioether (sulfide) groups is 1. The number of ether oxygens (including phenoxy) is 1. The van der Waals surface area contributed by atoms with Crippen molar-refractivity contribution in [2.24, 2.45) is 0 Å². The first-order valence-electron chi connectivity index (χ1n) is 8.57. The predicted molar refractivity (Wildman–Crippen MR) is 103 cm³/mol. The summed E-state index contributed by atoms with van der Waals surface area (Å²) in [7, 11) is 0. The fourth-order valence-electron chi connectivity index (χ4n) is 2.61. The predicted octanol–water partition coefficient (Wildman–Crippen LogP) is 4.23. The molecule has 0 amide bonds. The van der Waals surface area contributed by atoms with Gasteiger partial charge in [0.2, 0.25) is 5.13 Å². The van der Waals surface area contributed by atoms with E-state index in [4.69, 9.17) is 4.74 Å². The Labute approximate surface area is 156 Å². The third-order valence-electron chi connectivity index (χ3n) is 4.14. The molecule has 1 N–H and O–H groups in total. The lowest BCUT2D eigenvalue weighted by molar-refractivity contribution is 0.102. The van der Waals surface area contributed by atoms with Gasteiger partial charge in [-0.15, -0.1) is 10.2 Å². The zero-order valence-corrected chi connectivity index (χ0v) is 16.2. The van der Waals surface area contributed by atoms with Crippen molar-refractivity contribution in [3.05, 3.63) is 35.4 Å². The van der Waals surface area contributed by atoms with Crippen molar-refractivity contribution in [2.75, 3.05) is 24.2 Å². The smallest absolute Gasteiger partial charge is 0.206 e. The van der Waals surface area contributed by atoms with Crippen LogP contribution in [0.5, 0.6) is 0 Å². The molecule has 1 atom stereocenters. The SMILES string of the molecule is CC(C)c1ccc(C(=O)CSc2nnc(NCC3CCCO3)s2)cc1. The first-order valence-corrected chi connectivity index (χ1v) is 10.4. The Balaban J connectivity index is 1.47. The Kier molecular flexibility index (Phi) is 6.45. The minimum atomic E-state index is 0.115. The Morgan fingerprint density at radius 3 is 2.84 bits per heavy atom. The van der Waals surface area contributed by atoms with Gasteiger partial charge in [0.25, 0.3) is 0 Å². The van der Waals surface area contributed by atoms with E-state index in [0.29, 0.717) is 11.7 Å². The summed E-state index contributed by atoms with van der Waals surface area (Å²) in [6, 6.07) is 7.88. The molecule has 0 saturated carbocycles. The van der Waals surface area contributed by atoms with Crippen LogP contribution in [-0.4, -0.2) is 41.0 Å². The molecule has 1 aromatic carbocycles. The lowest BCUT2D eigenvalue weighted by Crippen LogP contribution is -2.18. The van der Waals surface area contributed by atoms with Crippen LogP contribution in [0.15, 0.2) is 28.6 Å². The van der Waals surface area contributed by atoms with Gasteiger partial charge in [0.05, 0.1) is 11.9 Å². The fraction of sp³-hybridized carbons (Fsp3) is 0.500. The minimum Gasteiger partial charge on any atom is -0.376 e. The molecule has 0 radical (unpaired) electrons. The molecule has 0 spiro atoms. The molecule has 1 fully saturated rings. The lowest BCUT2D eigenvalue weighted by Gasteiger charge is -2.08. The molecule has 1 aliphatic heterocycles. The summed E-state index contributed by atoms with van der Waals surface area (Å²) in [5.41, 5.74) is 1.99. The number of aromatic nitrogens is 2. The van der Waals surface area contributed by atoms with Crippen LogP contribution in [0, 0.1) is 0 Å². The second kappa shape index (κ2) is 8.78. The van der Waals surface area contributed by atoms with Gasteiger partial charge in [0, 0.05) is 18.7 Å². The molecule has 1 aromatic heterocycles. The van der Waals surface area contributed by atoms with Gasteiger partial charge in [0.1, 0.15) is 0 Å². The number of rotatable bonds is 8. The van der Waals surface area contributed by atoms with Crippen molar-refractivity contribution >= 4 is 34.0 Å². The first kappa shape index (κ1) is 18.4. The van der Waals surface area contributed by atoms with Gasteiger partial charge in [0.15, 0.2) is 10.1 Å². The Hall–Kier alpha value is -1.44. The highest BCUT2D eigenvalue weighted by Crippen LogP contribution is 2.26. The lowest BCUT2D eigenvalue weighted by atomic mass is 10.0. The minimum absolute atomic E-state index is 0.115. The summed E-state index contributed by atoms with van der Waals surface area (Å²) < 4.78 is 6.38. The van der Waals surface area contributed by atoms with E-state index < -0.39 is 0 Å². The molecule has 5 nitrogen and oxygen atoms in total. The van der Waals surface area contributed by atoms with E-state index in [9.17, 15) is 4.79 Å². The van der Waals surface area contributed by atoms with Gasteiger partial charge in [-0.2, -0.15) is 0 Å². The number of ketones is 1. The molecule has 7 heteroatoms. The van der Waals surface area contributed by atoms with Gasteiger partial charge in [-0.3, -0.25) is 4.79 Å². The van der Waals surface area contributed by atoms with E-state index >= 15 is 0 Å². The zero-order chi connectivity index (χ0) is 17.6. The van der Waals surface area contributed by atoms with E-state index in [1.807, 2.05) is 24.3 Å². The molecule has 134 valence electrons. The third-order valence-corrected chi connectivity index (χ3v) is 6.15. The van der Waals surface area contributed by atoms with Crippen LogP contribution in [-0.2, 0) is 4.74 Å². The van der Waals surface area contributed by atoms with Crippen LogP contribution >= 0.6 is 23.1 Å². The van der Waals surface area contributed by atoms with E-state index in [1.165, 1.54) is 28.7 Å². The highest BCUT2D eigenvalue weighted by molar-refractivity contribution is 8.01. The standard InChI is InChI=1S/C18H23N3O2S2/c1-12(2)13-5-7-14(8-6-13)16(22)11-24-18-21-20-17(25-18)19-10-15-4-3-9-23-15/h5-8,12,15H,3-4,9-11H2,1-2H3,(H,19,20). The number of carbonyl (C=O) groups is 1. The maximum Gasteiger partial charge on any atom is 0.206 e. The van der Waals surface area contributed by atoms with Crippen molar-refractivity contribution in [2.45, 2.75) is 43.1 Å². The van der Waals surface area contributed by atoms with Crippen LogP contribution < -0.4 is 5.32 Å². The van der Waals surface area contributed by atoms with Gasteiger partial charge in [-0.25, -0.2) is 0 Å². The van der Waals surface area contributed by atoms with Gasteiger partial charge in [-0.1, -0.05) is 61.2 Å². The molecule has 1 aliphatic rings. The number of nitrogens with one attached hydrogen (secondary N) is 1. The summed E-state index contributed by atoms with van der Waals surface area (Å²) in [6.07, 6.45) is 2.50. The highest BCUT2D eigenvalue weighted by atomic mass is 32.2. The number of Topliss-reactive ketones (excluding diaryl/α,β-unsaturated/α-hetero) is 1. The number of hydrogen-bond acceptors (Lipinski definition) is 7. The van der Waals surface area contributed by atoms with E-state index in [0.717, 1.165) is 41.0 Å². The van der Waals surface area contributed by atoms with Crippen molar-refractivity contribution in [3.8, 4) is 0 Å². The monoisotopic (exact) mass is 377 g/mol. The largest absolute Gasteiger partial charge is 0.376 e. The van der Waals surface area contributed by atoms with Gasteiger partial charge < -0.3 is 10.1 Å². The van der Waals surface area contributed by atoms with Crippen LogP contribution in [0.3, 0.4) is 0 Å².